The number of halogens is 1. The molecule has 94 valence electrons. The van der Waals surface area contributed by atoms with E-state index < -0.39 is 0 Å². The number of nitrogens with one attached hydrogen (secondary N) is 1. The molecule has 0 bridgehead atoms. The molecule has 1 saturated heterocycles. The van der Waals surface area contributed by atoms with E-state index in [9.17, 15) is 5.11 Å². The van der Waals surface area contributed by atoms with Crippen LogP contribution >= 0.6 is 12.4 Å². The molecule has 0 spiro atoms. The van der Waals surface area contributed by atoms with Gasteiger partial charge in [-0.15, -0.1) is 12.4 Å². The van der Waals surface area contributed by atoms with E-state index in [1.807, 2.05) is 12.1 Å². The summed E-state index contributed by atoms with van der Waals surface area (Å²) in [5.41, 5.74) is 2.50. The van der Waals surface area contributed by atoms with Gasteiger partial charge in [0.25, 0.3) is 0 Å². The van der Waals surface area contributed by atoms with E-state index in [0.717, 1.165) is 32.4 Å². The molecular formula is C13H18ClNO2. The Balaban J connectivity index is 0.00000108. The largest absolute Gasteiger partial charge is 0.508 e. The fourth-order valence-electron chi connectivity index (χ4n) is 2.81. The van der Waals surface area contributed by atoms with E-state index in [2.05, 4.69) is 5.32 Å². The van der Waals surface area contributed by atoms with Crippen LogP contribution in [0.25, 0.3) is 0 Å². The first kappa shape index (κ1) is 12.7. The summed E-state index contributed by atoms with van der Waals surface area (Å²) in [5, 5.41) is 13.0. The number of hydrogen-bond donors (Lipinski definition) is 2. The molecule has 1 aromatic carbocycles. The van der Waals surface area contributed by atoms with Crippen molar-refractivity contribution in [3.05, 3.63) is 29.3 Å². The van der Waals surface area contributed by atoms with Crippen LogP contribution in [-0.2, 0) is 11.2 Å². The summed E-state index contributed by atoms with van der Waals surface area (Å²) in [6, 6.07) is 6.11. The molecule has 0 radical (unpaired) electrons. The lowest BCUT2D eigenvalue weighted by molar-refractivity contribution is -0.00646. The third-order valence-electron chi connectivity index (χ3n) is 3.57. The fourth-order valence-corrected chi connectivity index (χ4v) is 2.81. The number of phenolic OH excluding ortho intramolecular Hbond substituents is 1. The Morgan fingerprint density at radius 3 is 3.12 bits per heavy atom. The van der Waals surface area contributed by atoms with E-state index >= 15 is 0 Å². The fraction of sp³-hybridized carbons (Fsp3) is 0.538. The standard InChI is InChI=1S/C13H17NO2.ClH/c15-10-4-5-11-9(8-10)2-1-3-12-13(11)16-7-6-14-12;/h4-5,8,12-15H,1-3,6-7H2;1H/t12-,13-;/m0./s1. The minimum atomic E-state index is 0. The highest BCUT2D eigenvalue weighted by atomic mass is 35.5. The molecule has 1 heterocycles. The van der Waals surface area contributed by atoms with Crippen molar-refractivity contribution in [3.63, 3.8) is 0 Å². The van der Waals surface area contributed by atoms with Crippen LogP contribution in [-0.4, -0.2) is 24.3 Å². The Bertz CT molecular complexity index is 397. The molecule has 2 aliphatic rings. The summed E-state index contributed by atoms with van der Waals surface area (Å²) in [6.45, 7) is 1.73. The monoisotopic (exact) mass is 255 g/mol. The molecule has 4 heteroatoms. The quantitative estimate of drug-likeness (QED) is 0.747. The SMILES string of the molecule is Cl.Oc1ccc2c(c1)CCC[C@@H]1NCCO[C@@H]21. The lowest BCUT2D eigenvalue weighted by Gasteiger charge is -2.32. The van der Waals surface area contributed by atoms with E-state index in [-0.39, 0.29) is 18.5 Å². The molecule has 2 atom stereocenters. The van der Waals surface area contributed by atoms with Gasteiger partial charge in [0.1, 0.15) is 5.75 Å². The Morgan fingerprint density at radius 1 is 1.35 bits per heavy atom. The first-order valence-electron chi connectivity index (χ1n) is 6.01. The molecule has 1 aromatic rings. The molecule has 1 aliphatic carbocycles. The van der Waals surface area contributed by atoms with Gasteiger partial charge in [0.2, 0.25) is 0 Å². The van der Waals surface area contributed by atoms with Gasteiger partial charge in [0.05, 0.1) is 12.7 Å². The van der Waals surface area contributed by atoms with Crippen molar-refractivity contribution < 1.29 is 9.84 Å². The smallest absolute Gasteiger partial charge is 0.115 e. The number of fused-ring (bicyclic) bond motifs is 3. The molecule has 3 rings (SSSR count). The van der Waals surface area contributed by atoms with Crippen molar-refractivity contribution in [2.24, 2.45) is 0 Å². The van der Waals surface area contributed by atoms with Crippen molar-refractivity contribution in [3.8, 4) is 5.75 Å². The molecule has 3 nitrogen and oxygen atoms in total. The Labute approximate surface area is 108 Å². The van der Waals surface area contributed by atoms with Crippen LogP contribution in [0.1, 0.15) is 30.1 Å². The Hall–Kier alpha value is -0.770. The van der Waals surface area contributed by atoms with Crippen LogP contribution in [0.4, 0.5) is 0 Å². The molecule has 1 aliphatic heterocycles. The van der Waals surface area contributed by atoms with Gasteiger partial charge < -0.3 is 15.2 Å². The maximum atomic E-state index is 9.52. The van der Waals surface area contributed by atoms with Gasteiger partial charge in [0, 0.05) is 12.6 Å². The highest BCUT2D eigenvalue weighted by Crippen LogP contribution is 2.34. The number of aryl methyl sites for hydroxylation is 1. The number of morpholine rings is 1. The van der Waals surface area contributed by atoms with Crippen LogP contribution in [0.2, 0.25) is 0 Å². The predicted molar refractivity (Wildman–Crippen MR) is 68.8 cm³/mol. The van der Waals surface area contributed by atoms with E-state index in [1.54, 1.807) is 6.07 Å². The van der Waals surface area contributed by atoms with Crippen LogP contribution < -0.4 is 5.32 Å². The van der Waals surface area contributed by atoms with E-state index in [4.69, 9.17) is 4.74 Å². The average Bonchev–Trinajstić information content (AvgIpc) is 2.47. The lowest BCUT2D eigenvalue weighted by Crippen LogP contribution is -2.43. The molecule has 0 amide bonds. The maximum Gasteiger partial charge on any atom is 0.115 e. The second kappa shape index (κ2) is 5.25. The van der Waals surface area contributed by atoms with Crippen molar-refractivity contribution in [1.29, 1.82) is 0 Å². The van der Waals surface area contributed by atoms with Crippen molar-refractivity contribution >= 4 is 12.4 Å². The first-order valence-corrected chi connectivity index (χ1v) is 6.01. The van der Waals surface area contributed by atoms with E-state index in [0.29, 0.717) is 11.8 Å². The zero-order valence-corrected chi connectivity index (χ0v) is 10.5. The topological polar surface area (TPSA) is 41.5 Å². The third-order valence-corrected chi connectivity index (χ3v) is 3.57. The predicted octanol–water partition coefficient (Wildman–Crippen LogP) is 2.18. The number of aromatic hydroxyl groups is 1. The van der Waals surface area contributed by atoms with Crippen LogP contribution in [0.15, 0.2) is 18.2 Å². The number of hydrogen-bond acceptors (Lipinski definition) is 3. The van der Waals surface area contributed by atoms with Gasteiger partial charge in [-0.1, -0.05) is 6.07 Å². The summed E-state index contributed by atoms with van der Waals surface area (Å²) >= 11 is 0. The van der Waals surface area contributed by atoms with Crippen LogP contribution in [0.5, 0.6) is 5.75 Å². The van der Waals surface area contributed by atoms with Crippen molar-refractivity contribution in [1.82, 2.24) is 5.32 Å². The molecule has 1 fully saturated rings. The number of rotatable bonds is 0. The molecule has 0 aromatic heterocycles. The Morgan fingerprint density at radius 2 is 2.24 bits per heavy atom. The zero-order chi connectivity index (χ0) is 11.0. The molecule has 17 heavy (non-hydrogen) atoms. The third kappa shape index (κ3) is 2.41. The number of benzene rings is 1. The summed E-state index contributed by atoms with van der Waals surface area (Å²) in [4.78, 5) is 0. The van der Waals surface area contributed by atoms with Gasteiger partial charge >= 0.3 is 0 Å². The van der Waals surface area contributed by atoms with Gasteiger partial charge in [0.15, 0.2) is 0 Å². The zero-order valence-electron chi connectivity index (χ0n) is 9.69. The van der Waals surface area contributed by atoms with Gasteiger partial charge in [-0.25, -0.2) is 0 Å². The first-order chi connectivity index (χ1) is 7.84. The lowest BCUT2D eigenvalue weighted by atomic mass is 9.97. The normalized spacial score (nSPS) is 27.3. The summed E-state index contributed by atoms with van der Waals surface area (Å²) < 4.78 is 5.88. The highest BCUT2D eigenvalue weighted by molar-refractivity contribution is 5.85. The second-order valence-corrected chi connectivity index (χ2v) is 4.63. The molecular weight excluding hydrogens is 238 g/mol. The maximum absolute atomic E-state index is 9.52. The summed E-state index contributed by atoms with van der Waals surface area (Å²) in [5.74, 6) is 0.362. The molecule has 0 saturated carbocycles. The summed E-state index contributed by atoms with van der Waals surface area (Å²) in [7, 11) is 0. The molecule has 2 N–H and O–H groups in total. The highest BCUT2D eigenvalue weighted by Gasteiger charge is 2.30. The van der Waals surface area contributed by atoms with Gasteiger partial charge in [-0.2, -0.15) is 0 Å². The van der Waals surface area contributed by atoms with Crippen LogP contribution in [0.3, 0.4) is 0 Å². The second-order valence-electron chi connectivity index (χ2n) is 4.63. The van der Waals surface area contributed by atoms with Gasteiger partial charge in [-0.05, 0) is 42.5 Å². The van der Waals surface area contributed by atoms with Crippen LogP contribution in [0, 0.1) is 0 Å². The minimum Gasteiger partial charge on any atom is -0.508 e. The van der Waals surface area contributed by atoms with Crippen molar-refractivity contribution in [2.45, 2.75) is 31.4 Å². The summed E-state index contributed by atoms with van der Waals surface area (Å²) in [6.07, 6.45) is 3.53. The number of phenols is 1. The number of ether oxygens (including phenoxy) is 1. The van der Waals surface area contributed by atoms with E-state index in [1.165, 1.54) is 11.1 Å². The van der Waals surface area contributed by atoms with Gasteiger partial charge in [-0.3, -0.25) is 0 Å². The molecule has 0 unspecified atom stereocenters. The minimum absolute atomic E-state index is 0. The van der Waals surface area contributed by atoms with Crippen molar-refractivity contribution in [2.75, 3.05) is 13.2 Å². The Kier molecular flexibility index (Phi) is 3.92. The average molecular weight is 256 g/mol.